The summed E-state index contributed by atoms with van der Waals surface area (Å²) in [4.78, 5) is 28.4. The SMILES string of the molecule is C=C(C)CN(CC)C(=O)CCc1ccc2c(c1)CN(C(=O)NC(C)C)CCO2. The maximum absolute atomic E-state index is 12.5. The summed E-state index contributed by atoms with van der Waals surface area (Å²) in [6.07, 6.45) is 1.12. The third kappa shape index (κ3) is 6.29. The fourth-order valence-corrected chi connectivity index (χ4v) is 3.23. The van der Waals surface area contributed by atoms with Gasteiger partial charge in [0.05, 0.1) is 13.1 Å². The van der Waals surface area contributed by atoms with Gasteiger partial charge in [-0.3, -0.25) is 4.79 Å². The van der Waals surface area contributed by atoms with Crippen molar-refractivity contribution in [2.45, 2.75) is 53.1 Å². The van der Waals surface area contributed by atoms with Crippen LogP contribution in [0.5, 0.6) is 5.75 Å². The Morgan fingerprint density at radius 1 is 1.36 bits per heavy atom. The second-order valence-corrected chi connectivity index (χ2v) is 7.68. The van der Waals surface area contributed by atoms with Crippen molar-refractivity contribution in [3.05, 3.63) is 41.5 Å². The number of ether oxygens (including phenoxy) is 1. The third-order valence-corrected chi connectivity index (χ3v) is 4.63. The number of hydrogen-bond donors (Lipinski definition) is 1. The van der Waals surface area contributed by atoms with Gasteiger partial charge in [-0.1, -0.05) is 24.3 Å². The average Bonchev–Trinajstić information content (AvgIpc) is 2.85. The van der Waals surface area contributed by atoms with E-state index in [0.29, 0.717) is 45.6 Å². The van der Waals surface area contributed by atoms with Crippen molar-refractivity contribution in [1.29, 1.82) is 0 Å². The van der Waals surface area contributed by atoms with Gasteiger partial charge in [-0.25, -0.2) is 4.79 Å². The van der Waals surface area contributed by atoms with Crippen molar-refractivity contribution in [1.82, 2.24) is 15.1 Å². The maximum atomic E-state index is 12.5. The molecule has 0 spiro atoms. The van der Waals surface area contributed by atoms with Gasteiger partial charge < -0.3 is 19.9 Å². The molecule has 0 atom stereocenters. The fourth-order valence-electron chi connectivity index (χ4n) is 3.23. The van der Waals surface area contributed by atoms with E-state index in [2.05, 4.69) is 18.0 Å². The van der Waals surface area contributed by atoms with Crippen LogP contribution in [-0.2, 0) is 17.8 Å². The topological polar surface area (TPSA) is 61.9 Å². The molecule has 1 aliphatic rings. The van der Waals surface area contributed by atoms with Gasteiger partial charge in [0.1, 0.15) is 12.4 Å². The minimum atomic E-state index is -0.0783. The number of hydrogen-bond acceptors (Lipinski definition) is 3. The van der Waals surface area contributed by atoms with E-state index < -0.39 is 0 Å². The van der Waals surface area contributed by atoms with E-state index in [1.165, 1.54) is 0 Å². The number of amides is 3. The highest BCUT2D eigenvalue weighted by atomic mass is 16.5. The van der Waals surface area contributed by atoms with E-state index in [9.17, 15) is 9.59 Å². The number of nitrogens with zero attached hydrogens (tertiary/aromatic N) is 2. The summed E-state index contributed by atoms with van der Waals surface area (Å²) in [7, 11) is 0. The number of likely N-dealkylation sites (N-methyl/N-ethyl adjacent to an activating group) is 1. The lowest BCUT2D eigenvalue weighted by Gasteiger charge is -2.22. The number of urea groups is 1. The smallest absolute Gasteiger partial charge is 0.318 e. The van der Waals surface area contributed by atoms with Gasteiger partial charge in [0.2, 0.25) is 5.91 Å². The first kappa shape index (κ1) is 21.8. The molecule has 0 saturated carbocycles. The molecule has 1 heterocycles. The van der Waals surface area contributed by atoms with E-state index in [1.54, 1.807) is 4.90 Å². The first-order chi connectivity index (χ1) is 13.3. The maximum Gasteiger partial charge on any atom is 0.318 e. The van der Waals surface area contributed by atoms with Crippen LogP contribution in [0.3, 0.4) is 0 Å². The predicted molar refractivity (Wildman–Crippen MR) is 111 cm³/mol. The van der Waals surface area contributed by atoms with Gasteiger partial charge in [0, 0.05) is 31.1 Å². The summed E-state index contributed by atoms with van der Waals surface area (Å²) in [5.41, 5.74) is 3.04. The standard InChI is InChI=1S/C22H33N3O3/c1-6-24(14-16(2)3)21(26)10-8-18-7-9-20-19(13-18)15-25(11-12-28-20)22(27)23-17(4)5/h7,9,13,17H,2,6,8,10-12,14-15H2,1,3-5H3,(H,23,27). The van der Waals surface area contributed by atoms with Gasteiger partial charge in [0.25, 0.3) is 0 Å². The molecule has 1 N–H and O–H groups in total. The van der Waals surface area contributed by atoms with Crippen LogP contribution < -0.4 is 10.1 Å². The minimum Gasteiger partial charge on any atom is -0.491 e. The lowest BCUT2D eigenvalue weighted by molar-refractivity contribution is -0.130. The summed E-state index contributed by atoms with van der Waals surface area (Å²) in [5.74, 6) is 0.946. The second-order valence-electron chi connectivity index (χ2n) is 7.68. The zero-order chi connectivity index (χ0) is 20.7. The third-order valence-electron chi connectivity index (χ3n) is 4.63. The zero-order valence-corrected chi connectivity index (χ0v) is 17.6. The van der Waals surface area contributed by atoms with E-state index in [4.69, 9.17) is 4.74 Å². The molecule has 0 unspecified atom stereocenters. The van der Waals surface area contributed by atoms with Gasteiger partial charge >= 0.3 is 6.03 Å². The minimum absolute atomic E-state index is 0.0783. The molecule has 28 heavy (non-hydrogen) atoms. The Hall–Kier alpha value is -2.50. The Balaban J connectivity index is 2.03. The number of rotatable bonds is 7. The van der Waals surface area contributed by atoms with Gasteiger partial charge in [-0.05, 0) is 45.7 Å². The van der Waals surface area contributed by atoms with E-state index in [1.807, 2.05) is 44.7 Å². The molecule has 0 aliphatic carbocycles. The summed E-state index contributed by atoms with van der Waals surface area (Å²) in [5, 5.41) is 2.93. The summed E-state index contributed by atoms with van der Waals surface area (Å²) < 4.78 is 5.81. The second kappa shape index (κ2) is 10.2. The van der Waals surface area contributed by atoms with Crippen LogP contribution in [-0.4, -0.2) is 54.0 Å². The Bertz CT molecular complexity index is 715. The molecule has 0 bridgehead atoms. The average molecular weight is 388 g/mol. The molecule has 0 saturated heterocycles. The van der Waals surface area contributed by atoms with Crippen LogP contribution in [0.1, 0.15) is 45.2 Å². The number of aryl methyl sites for hydroxylation is 1. The number of carbonyl (C=O) groups excluding carboxylic acids is 2. The van der Waals surface area contributed by atoms with Gasteiger partial charge in [0.15, 0.2) is 0 Å². The number of nitrogens with one attached hydrogen (secondary N) is 1. The molecule has 0 fully saturated rings. The normalized spacial score (nSPS) is 13.4. The Kier molecular flexibility index (Phi) is 7.91. The predicted octanol–water partition coefficient (Wildman–Crippen LogP) is 3.36. The van der Waals surface area contributed by atoms with Crippen LogP contribution in [0.25, 0.3) is 0 Å². The largest absolute Gasteiger partial charge is 0.491 e. The highest BCUT2D eigenvalue weighted by Gasteiger charge is 2.21. The van der Waals surface area contributed by atoms with Crippen LogP contribution in [0, 0.1) is 0 Å². The summed E-state index contributed by atoms with van der Waals surface area (Å²) >= 11 is 0. The van der Waals surface area contributed by atoms with Crippen LogP contribution in [0.4, 0.5) is 4.79 Å². The van der Waals surface area contributed by atoms with Crippen molar-refractivity contribution in [2.24, 2.45) is 0 Å². The first-order valence-corrected chi connectivity index (χ1v) is 10.0. The van der Waals surface area contributed by atoms with Crippen LogP contribution in [0.2, 0.25) is 0 Å². The molecule has 6 heteroatoms. The van der Waals surface area contributed by atoms with Gasteiger partial charge in [-0.2, -0.15) is 0 Å². The molecule has 2 rings (SSSR count). The quantitative estimate of drug-likeness (QED) is 0.730. The Morgan fingerprint density at radius 2 is 2.11 bits per heavy atom. The van der Waals surface area contributed by atoms with Crippen LogP contribution >= 0.6 is 0 Å². The molecule has 3 amide bonds. The van der Waals surface area contributed by atoms with Gasteiger partial charge in [-0.15, -0.1) is 0 Å². The molecule has 154 valence electrons. The molecule has 1 aliphatic heterocycles. The van der Waals surface area contributed by atoms with E-state index in [-0.39, 0.29) is 18.0 Å². The van der Waals surface area contributed by atoms with E-state index >= 15 is 0 Å². The monoisotopic (exact) mass is 387 g/mol. The lowest BCUT2D eigenvalue weighted by atomic mass is 10.0. The van der Waals surface area contributed by atoms with Crippen molar-refractivity contribution in [3.8, 4) is 5.75 Å². The highest BCUT2D eigenvalue weighted by molar-refractivity contribution is 5.77. The highest BCUT2D eigenvalue weighted by Crippen LogP contribution is 2.25. The molecule has 6 nitrogen and oxygen atoms in total. The first-order valence-electron chi connectivity index (χ1n) is 10.0. The van der Waals surface area contributed by atoms with Crippen molar-refractivity contribution in [2.75, 3.05) is 26.2 Å². The molecule has 0 radical (unpaired) electrons. The molecule has 1 aromatic rings. The van der Waals surface area contributed by atoms with Crippen molar-refractivity contribution >= 4 is 11.9 Å². The molecular weight excluding hydrogens is 354 g/mol. The number of benzene rings is 1. The van der Waals surface area contributed by atoms with Crippen molar-refractivity contribution < 1.29 is 14.3 Å². The lowest BCUT2D eigenvalue weighted by Crippen LogP contribution is -2.43. The molecular formula is C22H33N3O3. The Morgan fingerprint density at radius 3 is 2.75 bits per heavy atom. The summed E-state index contributed by atoms with van der Waals surface area (Å²) in [6, 6.07) is 6.02. The van der Waals surface area contributed by atoms with Crippen LogP contribution in [0.15, 0.2) is 30.4 Å². The Labute approximate surface area is 168 Å². The number of carbonyl (C=O) groups is 2. The summed E-state index contributed by atoms with van der Waals surface area (Å²) in [6.45, 7) is 14.5. The zero-order valence-electron chi connectivity index (χ0n) is 17.6. The molecule has 0 aromatic heterocycles. The van der Waals surface area contributed by atoms with Crippen molar-refractivity contribution in [3.63, 3.8) is 0 Å². The molecule has 1 aromatic carbocycles. The number of fused-ring (bicyclic) bond motifs is 1. The van der Waals surface area contributed by atoms with E-state index in [0.717, 1.165) is 22.4 Å². The fraction of sp³-hybridized carbons (Fsp3) is 0.545.